The van der Waals surface area contributed by atoms with Crippen LogP contribution in [0.15, 0.2) is 48.5 Å². The molecular weight excluding hydrogens is 328 g/mol. The van der Waals surface area contributed by atoms with Crippen molar-refractivity contribution in [2.24, 2.45) is 0 Å². The Labute approximate surface area is 148 Å². The van der Waals surface area contributed by atoms with Crippen LogP contribution in [0.3, 0.4) is 0 Å². The highest BCUT2D eigenvalue weighted by Crippen LogP contribution is 2.26. The summed E-state index contributed by atoms with van der Waals surface area (Å²) in [5.41, 5.74) is 7.24. The molecular formula is C18H23ClN2O3. The standard InChI is InChI=1S/C18H22N2O3.ClH/c1-13(23-17-6-4-3-5-16(17)22-2)12-20-18(21)11-14-7-9-15(19)10-8-14;/h3-10,13H,11-12,19H2,1-2H3,(H,20,21);1H. The molecule has 2 aromatic carbocycles. The summed E-state index contributed by atoms with van der Waals surface area (Å²) in [6, 6.07) is 14.7. The predicted octanol–water partition coefficient (Wildman–Crippen LogP) is 2.83. The number of hydrogen-bond acceptors (Lipinski definition) is 4. The van der Waals surface area contributed by atoms with Gasteiger partial charge in [0, 0.05) is 5.69 Å². The van der Waals surface area contributed by atoms with Gasteiger partial charge in [-0.25, -0.2) is 0 Å². The number of benzene rings is 2. The van der Waals surface area contributed by atoms with E-state index in [1.807, 2.05) is 43.3 Å². The molecule has 0 aromatic heterocycles. The van der Waals surface area contributed by atoms with Crippen molar-refractivity contribution in [1.29, 1.82) is 0 Å². The van der Waals surface area contributed by atoms with E-state index in [0.29, 0.717) is 30.2 Å². The molecule has 0 bridgehead atoms. The van der Waals surface area contributed by atoms with Crippen molar-refractivity contribution in [2.75, 3.05) is 19.4 Å². The summed E-state index contributed by atoms with van der Waals surface area (Å²) in [4.78, 5) is 12.0. The summed E-state index contributed by atoms with van der Waals surface area (Å²) in [5, 5.41) is 2.87. The molecule has 0 aliphatic carbocycles. The van der Waals surface area contributed by atoms with Crippen LogP contribution in [0.2, 0.25) is 0 Å². The van der Waals surface area contributed by atoms with Crippen molar-refractivity contribution in [3.05, 3.63) is 54.1 Å². The maximum Gasteiger partial charge on any atom is 0.224 e. The fraction of sp³-hybridized carbons (Fsp3) is 0.278. The molecule has 0 spiro atoms. The average Bonchev–Trinajstić information content (AvgIpc) is 2.55. The summed E-state index contributed by atoms with van der Waals surface area (Å²) < 4.78 is 11.0. The van der Waals surface area contributed by atoms with Crippen molar-refractivity contribution in [3.8, 4) is 11.5 Å². The van der Waals surface area contributed by atoms with Crippen LogP contribution in [-0.2, 0) is 11.2 Å². The van der Waals surface area contributed by atoms with Crippen LogP contribution >= 0.6 is 12.4 Å². The van der Waals surface area contributed by atoms with Crippen LogP contribution in [0.1, 0.15) is 12.5 Å². The first-order valence-electron chi connectivity index (χ1n) is 7.49. The van der Waals surface area contributed by atoms with Gasteiger partial charge in [0.15, 0.2) is 11.5 Å². The highest BCUT2D eigenvalue weighted by molar-refractivity contribution is 5.85. The van der Waals surface area contributed by atoms with Gasteiger partial charge in [0.2, 0.25) is 5.91 Å². The summed E-state index contributed by atoms with van der Waals surface area (Å²) >= 11 is 0. The fourth-order valence-corrected chi connectivity index (χ4v) is 2.12. The van der Waals surface area contributed by atoms with Crippen LogP contribution in [0, 0.1) is 0 Å². The first-order chi connectivity index (χ1) is 11.1. The van der Waals surface area contributed by atoms with Crippen LogP contribution in [0.4, 0.5) is 5.69 Å². The topological polar surface area (TPSA) is 73.6 Å². The number of halogens is 1. The lowest BCUT2D eigenvalue weighted by atomic mass is 10.1. The van der Waals surface area contributed by atoms with Gasteiger partial charge in [-0.2, -0.15) is 0 Å². The second-order valence-electron chi connectivity index (χ2n) is 5.30. The minimum atomic E-state index is -0.165. The number of ether oxygens (including phenoxy) is 2. The summed E-state index contributed by atoms with van der Waals surface area (Å²) in [6.45, 7) is 2.32. The van der Waals surface area contributed by atoms with E-state index in [0.717, 1.165) is 5.56 Å². The predicted molar refractivity (Wildman–Crippen MR) is 97.9 cm³/mol. The van der Waals surface area contributed by atoms with Gasteiger partial charge in [-0.05, 0) is 36.8 Å². The molecule has 0 saturated carbocycles. The number of para-hydroxylation sites is 2. The van der Waals surface area contributed by atoms with Gasteiger partial charge in [0.25, 0.3) is 0 Å². The Hall–Kier alpha value is -2.40. The SMILES string of the molecule is COc1ccccc1OC(C)CNC(=O)Cc1ccc(N)cc1.Cl. The maximum atomic E-state index is 12.0. The molecule has 6 heteroatoms. The lowest BCUT2D eigenvalue weighted by molar-refractivity contribution is -0.120. The van der Waals surface area contributed by atoms with Gasteiger partial charge >= 0.3 is 0 Å². The lowest BCUT2D eigenvalue weighted by Gasteiger charge is -2.17. The normalized spacial score (nSPS) is 11.1. The van der Waals surface area contributed by atoms with Gasteiger partial charge in [0.05, 0.1) is 20.1 Å². The van der Waals surface area contributed by atoms with E-state index in [4.69, 9.17) is 15.2 Å². The first kappa shape index (κ1) is 19.6. The van der Waals surface area contributed by atoms with Gasteiger partial charge < -0.3 is 20.5 Å². The zero-order valence-corrected chi connectivity index (χ0v) is 14.6. The Morgan fingerprint density at radius 1 is 1.12 bits per heavy atom. The molecule has 5 nitrogen and oxygen atoms in total. The largest absolute Gasteiger partial charge is 0.493 e. The van der Waals surface area contributed by atoms with Crippen molar-refractivity contribution in [3.63, 3.8) is 0 Å². The lowest BCUT2D eigenvalue weighted by Crippen LogP contribution is -2.34. The smallest absolute Gasteiger partial charge is 0.224 e. The van der Waals surface area contributed by atoms with Crippen molar-refractivity contribution in [1.82, 2.24) is 5.32 Å². The molecule has 0 radical (unpaired) electrons. The molecule has 0 fully saturated rings. The van der Waals surface area contributed by atoms with E-state index in [1.54, 1.807) is 19.2 Å². The molecule has 24 heavy (non-hydrogen) atoms. The Morgan fingerprint density at radius 3 is 2.38 bits per heavy atom. The number of nitrogens with one attached hydrogen (secondary N) is 1. The fourth-order valence-electron chi connectivity index (χ4n) is 2.12. The Morgan fingerprint density at radius 2 is 1.75 bits per heavy atom. The first-order valence-corrected chi connectivity index (χ1v) is 7.49. The summed E-state index contributed by atoms with van der Waals surface area (Å²) in [5.74, 6) is 1.29. The van der Waals surface area contributed by atoms with E-state index in [2.05, 4.69) is 5.32 Å². The number of carbonyl (C=O) groups is 1. The molecule has 1 atom stereocenters. The van der Waals surface area contributed by atoms with Gasteiger partial charge in [-0.1, -0.05) is 24.3 Å². The van der Waals surface area contributed by atoms with E-state index in [-0.39, 0.29) is 24.4 Å². The number of carbonyl (C=O) groups excluding carboxylic acids is 1. The third-order valence-electron chi connectivity index (χ3n) is 3.33. The molecule has 0 aliphatic rings. The Bertz CT molecular complexity index is 647. The molecule has 2 aromatic rings. The van der Waals surface area contributed by atoms with Crippen LogP contribution in [0.5, 0.6) is 11.5 Å². The highest BCUT2D eigenvalue weighted by atomic mass is 35.5. The van der Waals surface area contributed by atoms with Crippen LogP contribution in [-0.4, -0.2) is 25.7 Å². The third kappa shape index (κ3) is 6.01. The summed E-state index contributed by atoms with van der Waals surface area (Å²) in [6.07, 6.45) is 0.156. The Balaban J connectivity index is 0.00000288. The van der Waals surface area contributed by atoms with Crippen LogP contribution < -0.4 is 20.5 Å². The molecule has 130 valence electrons. The number of amides is 1. The van der Waals surface area contributed by atoms with Gasteiger partial charge in [0.1, 0.15) is 6.10 Å². The van der Waals surface area contributed by atoms with Gasteiger partial charge in [-0.15, -0.1) is 12.4 Å². The third-order valence-corrected chi connectivity index (χ3v) is 3.33. The van der Waals surface area contributed by atoms with E-state index in [9.17, 15) is 4.79 Å². The number of nitrogens with two attached hydrogens (primary N) is 1. The number of nitrogen functional groups attached to an aromatic ring is 1. The van der Waals surface area contributed by atoms with E-state index < -0.39 is 0 Å². The zero-order valence-electron chi connectivity index (χ0n) is 13.8. The molecule has 1 unspecified atom stereocenters. The monoisotopic (exact) mass is 350 g/mol. The van der Waals surface area contributed by atoms with Gasteiger partial charge in [-0.3, -0.25) is 4.79 Å². The molecule has 3 N–H and O–H groups in total. The molecule has 2 rings (SSSR count). The van der Waals surface area contributed by atoms with E-state index in [1.165, 1.54) is 0 Å². The molecule has 0 heterocycles. The number of methoxy groups -OCH3 is 1. The number of hydrogen-bond donors (Lipinski definition) is 2. The minimum Gasteiger partial charge on any atom is -0.493 e. The average molecular weight is 351 g/mol. The highest BCUT2D eigenvalue weighted by Gasteiger charge is 2.10. The molecule has 0 aliphatic heterocycles. The second-order valence-corrected chi connectivity index (χ2v) is 5.30. The summed E-state index contributed by atoms with van der Waals surface area (Å²) in [7, 11) is 1.60. The zero-order chi connectivity index (χ0) is 16.7. The van der Waals surface area contributed by atoms with Crippen molar-refractivity contribution in [2.45, 2.75) is 19.4 Å². The molecule has 1 amide bonds. The second kappa shape index (κ2) is 9.67. The molecule has 0 saturated heterocycles. The Kier molecular flexibility index (Phi) is 7.92. The van der Waals surface area contributed by atoms with E-state index >= 15 is 0 Å². The number of anilines is 1. The maximum absolute atomic E-state index is 12.0. The number of rotatable bonds is 7. The minimum absolute atomic E-state index is 0. The van der Waals surface area contributed by atoms with Crippen LogP contribution in [0.25, 0.3) is 0 Å². The van der Waals surface area contributed by atoms with Crippen molar-refractivity contribution >= 4 is 24.0 Å². The van der Waals surface area contributed by atoms with Crippen molar-refractivity contribution < 1.29 is 14.3 Å². The quantitative estimate of drug-likeness (QED) is 0.753.